The summed E-state index contributed by atoms with van der Waals surface area (Å²) in [5, 5.41) is 12.1. The van der Waals surface area contributed by atoms with Crippen molar-refractivity contribution in [1.29, 1.82) is 0 Å². The van der Waals surface area contributed by atoms with Crippen molar-refractivity contribution >= 4 is 11.8 Å². The van der Waals surface area contributed by atoms with E-state index in [0.29, 0.717) is 23.5 Å². The molecule has 5 nitrogen and oxygen atoms in total. The van der Waals surface area contributed by atoms with Gasteiger partial charge in [-0.3, -0.25) is 9.59 Å². The van der Waals surface area contributed by atoms with Crippen molar-refractivity contribution in [2.75, 3.05) is 20.7 Å². The van der Waals surface area contributed by atoms with Crippen LogP contribution in [0.3, 0.4) is 0 Å². The Balaban J connectivity index is 2.83. The van der Waals surface area contributed by atoms with Gasteiger partial charge in [-0.15, -0.1) is 0 Å². The summed E-state index contributed by atoms with van der Waals surface area (Å²) in [6.45, 7) is 3.97. The molecule has 0 spiro atoms. The van der Waals surface area contributed by atoms with Gasteiger partial charge in [0.2, 0.25) is 0 Å². The molecule has 1 rings (SSSR count). The zero-order chi connectivity index (χ0) is 16.0. The van der Waals surface area contributed by atoms with Gasteiger partial charge in [0.05, 0.1) is 12.6 Å². The number of aliphatic hydroxyl groups is 1. The van der Waals surface area contributed by atoms with Crippen molar-refractivity contribution in [1.82, 2.24) is 10.2 Å². The Morgan fingerprint density at radius 1 is 1.24 bits per heavy atom. The number of rotatable bonds is 6. The first-order valence-electron chi connectivity index (χ1n) is 7.08. The van der Waals surface area contributed by atoms with E-state index in [4.69, 9.17) is 0 Å². The van der Waals surface area contributed by atoms with Crippen LogP contribution in [0.5, 0.6) is 0 Å². The van der Waals surface area contributed by atoms with Crippen molar-refractivity contribution in [2.45, 2.75) is 26.3 Å². The third kappa shape index (κ3) is 5.19. The van der Waals surface area contributed by atoms with Crippen molar-refractivity contribution in [2.24, 2.45) is 5.92 Å². The summed E-state index contributed by atoms with van der Waals surface area (Å²) in [5.41, 5.74) is 0.891. The lowest BCUT2D eigenvalue weighted by Gasteiger charge is -2.18. The standard InChI is InChI=1S/C16H24N2O3/c1-11(2)8-14(10-19)17-15(20)12-6-5-7-13(9-12)16(21)18(3)4/h5-7,9,11,14,19H,8,10H2,1-4H3,(H,17,20). The van der Waals surface area contributed by atoms with Gasteiger partial charge in [0.15, 0.2) is 0 Å². The molecular weight excluding hydrogens is 268 g/mol. The first-order valence-corrected chi connectivity index (χ1v) is 7.08. The predicted octanol–water partition coefficient (Wildman–Crippen LogP) is 1.53. The van der Waals surface area contributed by atoms with E-state index in [1.807, 2.05) is 13.8 Å². The average molecular weight is 292 g/mol. The summed E-state index contributed by atoms with van der Waals surface area (Å²) >= 11 is 0. The number of hydrogen-bond donors (Lipinski definition) is 2. The first kappa shape index (κ1) is 17.2. The highest BCUT2D eigenvalue weighted by Gasteiger charge is 2.16. The molecule has 21 heavy (non-hydrogen) atoms. The number of aliphatic hydroxyl groups excluding tert-OH is 1. The molecule has 0 fully saturated rings. The van der Waals surface area contributed by atoms with Crippen LogP contribution in [0.4, 0.5) is 0 Å². The number of carbonyl (C=O) groups is 2. The van der Waals surface area contributed by atoms with Crippen molar-refractivity contribution < 1.29 is 14.7 Å². The Bertz CT molecular complexity index is 498. The van der Waals surface area contributed by atoms with E-state index in [1.54, 1.807) is 38.4 Å². The minimum atomic E-state index is -0.275. The maximum Gasteiger partial charge on any atom is 0.253 e. The van der Waals surface area contributed by atoms with E-state index in [0.717, 1.165) is 0 Å². The molecule has 0 heterocycles. The second-order valence-electron chi connectivity index (χ2n) is 5.76. The van der Waals surface area contributed by atoms with Gasteiger partial charge in [-0.2, -0.15) is 0 Å². The van der Waals surface area contributed by atoms with Gasteiger partial charge in [-0.25, -0.2) is 0 Å². The van der Waals surface area contributed by atoms with Gasteiger partial charge in [0.25, 0.3) is 11.8 Å². The van der Waals surface area contributed by atoms with Gasteiger partial charge >= 0.3 is 0 Å². The topological polar surface area (TPSA) is 69.6 Å². The number of nitrogens with one attached hydrogen (secondary N) is 1. The molecule has 0 bridgehead atoms. The maximum atomic E-state index is 12.2. The molecule has 0 radical (unpaired) electrons. The molecule has 1 atom stereocenters. The smallest absolute Gasteiger partial charge is 0.253 e. The van der Waals surface area contributed by atoms with Crippen LogP contribution in [0.1, 0.15) is 41.0 Å². The van der Waals surface area contributed by atoms with Crippen molar-refractivity contribution in [3.8, 4) is 0 Å². The quantitative estimate of drug-likeness (QED) is 0.835. The molecule has 0 saturated heterocycles. The number of hydrogen-bond acceptors (Lipinski definition) is 3. The molecule has 116 valence electrons. The molecule has 1 unspecified atom stereocenters. The minimum Gasteiger partial charge on any atom is -0.394 e. The lowest BCUT2D eigenvalue weighted by Crippen LogP contribution is -2.38. The van der Waals surface area contributed by atoms with Crippen LogP contribution in [0.15, 0.2) is 24.3 Å². The SMILES string of the molecule is CC(C)CC(CO)NC(=O)c1cccc(C(=O)N(C)C)c1. The van der Waals surface area contributed by atoms with Crippen LogP contribution < -0.4 is 5.32 Å². The van der Waals surface area contributed by atoms with Gasteiger partial charge in [-0.05, 0) is 30.5 Å². The highest BCUT2D eigenvalue weighted by Crippen LogP contribution is 2.09. The third-order valence-corrected chi connectivity index (χ3v) is 3.09. The molecule has 0 aliphatic rings. The number of carbonyl (C=O) groups excluding carboxylic acids is 2. The predicted molar refractivity (Wildman–Crippen MR) is 82.3 cm³/mol. The van der Waals surface area contributed by atoms with E-state index in [9.17, 15) is 14.7 Å². The fourth-order valence-corrected chi connectivity index (χ4v) is 2.07. The summed E-state index contributed by atoms with van der Waals surface area (Å²) in [7, 11) is 3.33. The van der Waals surface area contributed by atoms with Crippen LogP contribution in [0.25, 0.3) is 0 Å². The second-order valence-corrected chi connectivity index (χ2v) is 5.76. The Hall–Kier alpha value is -1.88. The van der Waals surface area contributed by atoms with E-state index in [-0.39, 0.29) is 24.5 Å². The fourth-order valence-electron chi connectivity index (χ4n) is 2.07. The molecule has 0 aromatic heterocycles. The van der Waals surface area contributed by atoms with Crippen molar-refractivity contribution in [3.05, 3.63) is 35.4 Å². The first-order chi connectivity index (χ1) is 9.85. The summed E-state index contributed by atoms with van der Waals surface area (Å²) in [6.07, 6.45) is 0.707. The van der Waals surface area contributed by atoms with Crippen molar-refractivity contribution in [3.63, 3.8) is 0 Å². The lowest BCUT2D eigenvalue weighted by atomic mass is 10.0. The van der Waals surface area contributed by atoms with Crippen LogP contribution in [-0.4, -0.2) is 48.6 Å². The Morgan fingerprint density at radius 3 is 2.38 bits per heavy atom. The molecule has 1 aromatic rings. The molecule has 2 N–H and O–H groups in total. The minimum absolute atomic E-state index is 0.0970. The molecule has 0 aliphatic carbocycles. The third-order valence-electron chi connectivity index (χ3n) is 3.09. The molecule has 1 aromatic carbocycles. The van der Waals surface area contributed by atoms with Gasteiger partial charge < -0.3 is 15.3 Å². The van der Waals surface area contributed by atoms with E-state index in [2.05, 4.69) is 5.32 Å². The number of amides is 2. The molecule has 0 saturated carbocycles. The molecule has 2 amide bonds. The Kier molecular flexibility index (Phi) is 6.37. The number of nitrogens with zero attached hydrogens (tertiary/aromatic N) is 1. The second kappa shape index (κ2) is 7.78. The number of benzene rings is 1. The van der Waals surface area contributed by atoms with E-state index >= 15 is 0 Å². The van der Waals surface area contributed by atoms with Crippen LogP contribution in [-0.2, 0) is 0 Å². The fraction of sp³-hybridized carbons (Fsp3) is 0.500. The van der Waals surface area contributed by atoms with E-state index < -0.39 is 0 Å². The van der Waals surface area contributed by atoms with Crippen LogP contribution in [0.2, 0.25) is 0 Å². The van der Waals surface area contributed by atoms with E-state index in [1.165, 1.54) is 4.90 Å². The molecule has 0 aliphatic heterocycles. The average Bonchev–Trinajstić information content (AvgIpc) is 2.45. The van der Waals surface area contributed by atoms with Gasteiger partial charge in [0.1, 0.15) is 0 Å². The lowest BCUT2D eigenvalue weighted by molar-refractivity contribution is 0.0827. The summed E-state index contributed by atoms with van der Waals surface area (Å²) < 4.78 is 0. The maximum absolute atomic E-state index is 12.2. The molecular formula is C16H24N2O3. The Morgan fingerprint density at radius 2 is 1.86 bits per heavy atom. The summed E-state index contributed by atoms with van der Waals surface area (Å²) in [4.78, 5) is 25.6. The summed E-state index contributed by atoms with van der Waals surface area (Å²) in [6, 6.07) is 6.32. The summed E-state index contributed by atoms with van der Waals surface area (Å²) in [5.74, 6) is -0.0438. The van der Waals surface area contributed by atoms with Gasteiger partial charge in [-0.1, -0.05) is 19.9 Å². The monoisotopic (exact) mass is 292 g/mol. The Labute approximate surface area is 126 Å². The highest BCUT2D eigenvalue weighted by atomic mass is 16.3. The van der Waals surface area contributed by atoms with Crippen LogP contribution in [0, 0.1) is 5.92 Å². The van der Waals surface area contributed by atoms with Crippen LogP contribution >= 0.6 is 0 Å². The largest absolute Gasteiger partial charge is 0.394 e. The van der Waals surface area contributed by atoms with Gasteiger partial charge in [0, 0.05) is 25.2 Å². The molecule has 5 heteroatoms. The zero-order valence-electron chi connectivity index (χ0n) is 13.1. The normalized spacial score (nSPS) is 12.1. The zero-order valence-corrected chi connectivity index (χ0v) is 13.1. The highest BCUT2D eigenvalue weighted by molar-refractivity contribution is 5.99.